The Bertz CT molecular complexity index is 4020. The summed E-state index contributed by atoms with van der Waals surface area (Å²) in [5.74, 6) is -8.95. The lowest BCUT2D eigenvalue weighted by Crippen LogP contribution is -2.67. The SMILES string of the molecule is C[C@]1(OC(=O)c2cc(O)c(OCc3ccccc3)c(O)c2)O[C@@H](OC(=O)c2cc(OCc3ccccc3)c(OCc3ccccc3)c(OCc3ccccc3)c2)[C@H](OCc2ccccc2)[C@H](OCc2ccccc2)[C@H]1OC(=O)c1cc(O)c(OCc2ccccc2)c(O)c1. The highest BCUT2D eigenvalue weighted by Gasteiger charge is 2.60. The lowest BCUT2D eigenvalue weighted by Gasteiger charge is -2.49. The molecule has 478 valence electrons. The molecule has 0 aromatic heterocycles. The maximum Gasteiger partial charge on any atom is 0.341 e. The minimum absolute atomic E-state index is 0.0367. The van der Waals surface area contributed by atoms with Crippen LogP contribution in [-0.4, -0.2) is 68.7 Å². The average molecular weight is 1270 g/mol. The van der Waals surface area contributed by atoms with E-state index in [-0.39, 0.29) is 80.6 Å². The Balaban J connectivity index is 1.00. The molecule has 4 N–H and O–H groups in total. The van der Waals surface area contributed by atoms with Gasteiger partial charge in [0.15, 0.2) is 46.7 Å². The lowest BCUT2D eigenvalue weighted by molar-refractivity contribution is -0.381. The van der Waals surface area contributed by atoms with Crippen molar-refractivity contribution in [3.8, 4) is 51.7 Å². The Labute approximate surface area is 542 Å². The van der Waals surface area contributed by atoms with E-state index in [4.69, 9.17) is 52.1 Å². The van der Waals surface area contributed by atoms with Gasteiger partial charge in [0.05, 0.1) is 29.9 Å². The van der Waals surface area contributed by atoms with Crippen LogP contribution in [0.25, 0.3) is 0 Å². The topological polar surface area (TPSA) is 234 Å². The predicted octanol–water partition coefficient (Wildman–Crippen LogP) is 13.9. The van der Waals surface area contributed by atoms with Gasteiger partial charge in [0, 0.05) is 6.92 Å². The zero-order chi connectivity index (χ0) is 65.2. The van der Waals surface area contributed by atoms with Crippen LogP contribution in [0.2, 0.25) is 0 Å². The number of hydrogen-bond acceptors (Lipinski definition) is 18. The van der Waals surface area contributed by atoms with Crippen molar-refractivity contribution in [3.05, 3.63) is 304 Å². The third kappa shape index (κ3) is 16.6. The summed E-state index contributed by atoms with van der Waals surface area (Å²) < 4.78 is 70.6. The van der Waals surface area contributed by atoms with Gasteiger partial charge in [-0.1, -0.05) is 212 Å². The highest BCUT2D eigenvalue weighted by Crippen LogP contribution is 2.45. The number of carbonyl (C=O) groups excluding carboxylic acids is 3. The molecule has 94 heavy (non-hydrogen) atoms. The molecule has 10 aromatic carbocycles. The average Bonchev–Trinajstić information content (AvgIpc) is 0.758. The molecule has 11 rings (SSSR count). The van der Waals surface area contributed by atoms with Gasteiger partial charge in [0.25, 0.3) is 5.79 Å². The number of phenols is 4. The van der Waals surface area contributed by atoms with E-state index < -0.39 is 82.4 Å². The number of carbonyl (C=O) groups is 3. The lowest BCUT2D eigenvalue weighted by atomic mass is 9.95. The molecule has 10 aromatic rings. The van der Waals surface area contributed by atoms with E-state index in [1.165, 1.54) is 19.1 Å². The summed E-state index contributed by atoms with van der Waals surface area (Å²) in [4.78, 5) is 45.3. The molecular formula is C76H66O18. The summed E-state index contributed by atoms with van der Waals surface area (Å²) in [6, 6.07) is 70.9. The molecule has 18 heteroatoms. The molecule has 1 aliphatic heterocycles. The van der Waals surface area contributed by atoms with Crippen molar-refractivity contribution in [2.24, 2.45) is 0 Å². The number of ether oxygens (including phenoxy) is 11. The molecule has 0 saturated carbocycles. The molecular weight excluding hydrogens is 1200 g/mol. The first kappa shape index (κ1) is 64.2. The monoisotopic (exact) mass is 1270 g/mol. The first-order valence-corrected chi connectivity index (χ1v) is 30.1. The van der Waals surface area contributed by atoms with E-state index in [9.17, 15) is 30.0 Å². The van der Waals surface area contributed by atoms with E-state index in [1.54, 1.807) is 103 Å². The first-order chi connectivity index (χ1) is 45.8. The van der Waals surface area contributed by atoms with Crippen molar-refractivity contribution in [2.45, 2.75) is 83.6 Å². The fourth-order valence-corrected chi connectivity index (χ4v) is 10.3. The van der Waals surface area contributed by atoms with Gasteiger partial charge in [-0.05, 0) is 75.3 Å². The molecule has 18 nitrogen and oxygen atoms in total. The molecule has 1 heterocycles. The normalized spacial score (nSPS) is 16.6. The Morgan fingerprint density at radius 2 is 0.638 bits per heavy atom. The molecule has 0 amide bonds. The summed E-state index contributed by atoms with van der Waals surface area (Å²) in [6.45, 7) is 0.877. The van der Waals surface area contributed by atoms with Crippen LogP contribution in [0.15, 0.2) is 249 Å². The number of phenolic OH excluding ortho intramolecular Hbond substituents is 4. The molecule has 1 aliphatic rings. The first-order valence-electron chi connectivity index (χ1n) is 30.1. The van der Waals surface area contributed by atoms with Crippen molar-refractivity contribution in [3.63, 3.8) is 0 Å². The fraction of sp³-hybridized carbons (Fsp3) is 0.171. The highest BCUT2D eigenvalue weighted by atomic mass is 16.8. The standard InChI is InChI=1S/C76H66O18/c1-76(93-74(83)58-39-62(79)67(63(80)40-58)87-46-53-29-15-5-16-30-53)71(91-72(81)57-37-60(77)66(61(78)38-57)86-45-52-27-13-4-14-28-52)69(89-48-55-33-19-7-20-34-55)70(90-49-56-35-21-8-22-36-56)75(94-76)92-73(82)59-41-64(84-43-50-23-9-2-10-24-50)68(88-47-54-31-17-6-18-32-54)65(42-59)85-44-51-25-11-3-12-26-51/h2-42,69-71,75,77-80H,43-49H2,1H3/t69-,70+,71+,75+,76-/m0/s1. The molecule has 0 aliphatic carbocycles. The largest absolute Gasteiger partial charge is 0.504 e. The summed E-state index contributed by atoms with van der Waals surface area (Å²) in [5, 5.41) is 45.4. The Hall–Kier alpha value is -11.3. The molecule has 0 radical (unpaired) electrons. The van der Waals surface area contributed by atoms with Crippen LogP contribution in [0.3, 0.4) is 0 Å². The third-order valence-corrected chi connectivity index (χ3v) is 15.1. The van der Waals surface area contributed by atoms with Crippen LogP contribution in [0.5, 0.6) is 51.7 Å². The molecule has 1 fully saturated rings. The van der Waals surface area contributed by atoms with E-state index >= 15 is 4.79 Å². The maximum absolute atomic E-state index is 15.5. The number of aromatic hydroxyl groups is 4. The van der Waals surface area contributed by atoms with Gasteiger partial charge in [-0.2, -0.15) is 0 Å². The predicted molar refractivity (Wildman–Crippen MR) is 343 cm³/mol. The van der Waals surface area contributed by atoms with Crippen LogP contribution in [0, 0.1) is 0 Å². The minimum atomic E-state index is -2.61. The number of esters is 3. The van der Waals surface area contributed by atoms with Crippen molar-refractivity contribution in [1.82, 2.24) is 0 Å². The van der Waals surface area contributed by atoms with Crippen molar-refractivity contribution < 1.29 is 86.9 Å². The van der Waals surface area contributed by atoms with E-state index in [0.29, 0.717) is 11.1 Å². The second-order valence-electron chi connectivity index (χ2n) is 22.0. The van der Waals surface area contributed by atoms with Crippen LogP contribution in [0.1, 0.15) is 76.9 Å². The fourth-order valence-electron chi connectivity index (χ4n) is 10.3. The van der Waals surface area contributed by atoms with Gasteiger partial charge in [-0.3, -0.25) is 4.74 Å². The van der Waals surface area contributed by atoms with E-state index in [1.807, 2.05) is 109 Å². The Morgan fingerprint density at radius 3 is 1.00 bits per heavy atom. The second-order valence-corrected chi connectivity index (χ2v) is 22.0. The molecule has 5 atom stereocenters. The van der Waals surface area contributed by atoms with Crippen molar-refractivity contribution >= 4 is 17.9 Å². The number of rotatable bonds is 27. The summed E-state index contributed by atoms with van der Waals surface area (Å²) in [6.07, 6.45) is -7.08. The molecule has 0 bridgehead atoms. The van der Waals surface area contributed by atoms with Crippen LogP contribution < -0.4 is 23.7 Å². The summed E-state index contributed by atoms with van der Waals surface area (Å²) >= 11 is 0. The van der Waals surface area contributed by atoms with Crippen LogP contribution in [0.4, 0.5) is 0 Å². The molecule has 1 saturated heterocycles. The van der Waals surface area contributed by atoms with E-state index in [2.05, 4.69) is 0 Å². The zero-order valence-electron chi connectivity index (χ0n) is 50.9. The van der Waals surface area contributed by atoms with Gasteiger partial charge >= 0.3 is 17.9 Å². The van der Waals surface area contributed by atoms with E-state index in [0.717, 1.165) is 52.1 Å². The Morgan fingerprint density at radius 1 is 0.351 bits per heavy atom. The van der Waals surface area contributed by atoms with Gasteiger partial charge in [-0.15, -0.1) is 0 Å². The van der Waals surface area contributed by atoms with Crippen molar-refractivity contribution in [1.29, 1.82) is 0 Å². The molecule has 0 spiro atoms. The minimum Gasteiger partial charge on any atom is -0.504 e. The summed E-state index contributed by atoms with van der Waals surface area (Å²) in [5.41, 5.74) is 4.17. The van der Waals surface area contributed by atoms with Gasteiger partial charge in [0.1, 0.15) is 39.1 Å². The third-order valence-electron chi connectivity index (χ3n) is 15.1. The zero-order valence-corrected chi connectivity index (χ0v) is 50.9. The number of hydrogen-bond donors (Lipinski definition) is 4. The molecule has 0 unspecified atom stereocenters. The maximum atomic E-state index is 15.5. The van der Waals surface area contributed by atoms with Gasteiger partial charge in [0.2, 0.25) is 23.5 Å². The number of benzene rings is 10. The van der Waals surface area contributed by atoms with Crippen molar-refractivity contribution in [2.75, 3.05) is 0 Å². The quantitative estimate of drug-likeness (QED) is 0.0277. The van der Waals surface area contributed by atoms with Gasteiger partial charge < -0.3 is 67.8 Å². The highest BCUT2D eigenvalue weighted by molar-refractivity contribution is 5.93. The van der Waals surface area contributed by atoms with Crippen LogP contribution >= 0.6 is 0 Å². The summed E-state index contributed by atoms with van der Waals surface area (Å²) in [7, 11) is 0. The Kier molecular flexibility index (Phi) is 21.0. The van der Waals surface area contributed by atoms with Gasteiger partial charge in [-0.25, -0.2) is 14.4 Å². The second kappa shape index (κ2) is 30.7. The smallest absolute Gasteiger partial charge is 0.341 e. The van der Waals surface area contributed by atoms with Crippen LogP contribution in [-0.2, 0) is 74.7 Å².